The number of benzene rings is 3. The molecule has 0 radical (unpaired) electrons. The van der Waals surface area contributed by atoms with Gasteiger partial charge in [0.1, 0.15) is 29.8 Å². The molecule has 0 aliphatic rings. The zero-order chi connectivity index (χ0) is 21.6. The van der Waals surface area contributed by atoms with Gasteiger partial charge in [-0.3, -0.25) is 4.79 Å². The smallest absolute Gasteiger partial charge is 0.266 e. The third kappa shape index (κ3) is 5.10. The molecule has 3 aromatic carbocycles. The summed E-state index contributed by atoms with van der Waals surface area (Å²) in [7, 11) is 0. The van der Waals surface area contributed by atoms with Gasteiger partial charge < -0.3 is 15.0 Å². The van der Waals surface area contributed by atoms with Gasteiger partial charge in [-0.25, -0.2) is 4.98 Å². The first-order valence-corrected chi connectivity index (χ1v) is 9.84. The molecule has 152 valence electrons. The summed E-state index contributed by atoms with van der Waals surface area (Å²) in [5, 5.41) is 12.5. The van der Waals surface area contributed by atoms with E-state index in [9.17, 15) is 10.1 Å². The number of nitriles is 1. The molecule has 0 aliphatic heterocycles. The van der Waals surface area contributed by atoms with E-state index in [-0.39, 0.29) is 5.57 Å². The van der Waals surface area contributed by atoms with Gasteiger partial charge in [-0.1, -0.05) is 41.9 Å². The van der Waals surface area contributed by atoms with Crippen LogP contribution in [0, 0.1) is 11.3 Å². The molecule has 2 N–H and O–H groups in total. The van der Waals surface area contributed by atoms with Gasteiger partial charge in [0.25, 0.3) is 5.91 Å². The number of carbonyl (C=O) groups is 1. The summed E-state index contributed by atoms with van der Waals surface area (Å²) in [6.07, 6.45) is 1.52. The van der Waals surface area contributed by atoms with Crippen LogP contribution in [0.1, 0.15) is 11.4 Å². The van der Waals surface area contributed by atoms with E-state index in [0.29, 0.717) is 28.6 Å². The van der Waals surface area contributed by atoms with Crippen molar-refractivity contribution in [1.82, 2.24) is 9.97 Å². The largest absolute Gasteiger partial charge is 0.486 e. The van der Waals surface area contributed by atoms with Crippen LogP contribution < -0.4 is 10.1 Å². The van der Waals surface area contributed by atoms with E-state index >= 15 is 0 Å². The molecular weight excluding hydrogens is 412 g/mol. The number of fused-ring (bicyclic) bond motifs is 1. The van der Waals surface area contributed by atoms with Crippen molar-refractivity contribution in [3.05, 3.63) is 94.8 Å². The predicted octanol–water partition coefficient (Wildman–Crippen LogP) is 5.34. The zero-order valence-electron chi connectivity index (χ0n) is 16.3. The molecule has 0 saturated heterocycles. The second kappa shape index (κ2) is 9.16. The summed E-state index contributed by atoms with van der Waals surface area (Å²) < 4.78 is 5.77. The number of anilines is 1. The van der Waals surface area contributed by atoms with Crippen molar-refractivity contribution in [3.8, 4) is 11.8 Å². The topological polar surface area (TPSA) is 90.8 Å². The Bertz CT molecular complexity index is 1270. The van der Waals surface area contributed by atoms with E-state index in [1.54, 1.807) is 48.5 Å². The molecule has 1 amide bonds. The molecule has 31 heavy (non-hydrogen) atoms. The monoisotopic (exact) mass is 428 g/mol. The lowest BCUT2D eigenvalue weighted by molar-refractivity contribution is -0.112. The molecule has 6 nitrogen and oxygen atoms in total. The lowest BCUT2D eigenvalue weighted by atomic mass is 10.1. The predicted molar refractivity (Wildman–Crippen MR) is 121 cm³/mol. The molecule has 1 aromatic heterocycles. The van der Waals surface area contributed by atoms with Crippen molar-refractivity contribution < 1.29 is 9.53 Å². The second-order valence-electron chi connectivity index (χ2n) is 6.69. The second-order valence-corrected chi connectivity index (χ2v) is 7.13. The Hall–Kier alpha value is -4.08. The summed E-state index contributed by atoms with van der Waals surface area (Å²) in [4.78, 5) is 20.1. The number of rotatable bonds is 6. The number of aromatic nitrogens is 2. The molecule has 0 fully saturated rings. The number of halogens is 1. The number of para-hydroxylation sites is 2. The molecule has 0 aliphatic carbocycles. The Kier molecular flexibility index (Phi) is 5.97. The third-order valence-corrected chi connectivity index (χ3v) is 4.69. The molecule has 1 heterocycles. The SMILES string of the molecule is N#C/C(=C\c1ccc(OCc2nc3ccccc3[nH]2)cc1)C(=O)Nc1cccc(Cl)c1. The maximum absolute atomic E-state index is 12.4. The molecule has 0 spiro atoms. The minimum Gasteiger partial charge on any atom is -0.486 e. The molecule has 4 rings (SSSR count). The van der Waals surface area contributed by atoms with Crippen molar-refractivity contribution in [1.29, 1.82) is 5.26 Å². The van der Waals surface area contributed by atoms with Gasteiger partial charge in [0, 0.05) is 10.7 Å². The Balaban J connectivity index is 1.40. The number of aromatic amines is 1. The molecule has 0 bridgehead atoms. The molecule has 4 aromatic rings. The lowest BCUT2D eigenvalue weighted by Crippen LogP contribution is -2.13. The quantitative estimate of drug-likeness (QED) is 0.320. The number of H-pyrrole nitrogens is 1. The minimum absolute atomic E-state index is 0.0177. The first kappa shape index (κ1) is 20.2. The first-order valence-electron chi connectivity index (χ1n) is 9.46. The number of nitrogens with zero attached hydrogens (tertiary/aromatic N) is 2. The van der Waals surface area contributed by atoms with Crippen molar-refractivity contribution in [2.75, 3.05) is 5.32 Å². The highest BCUT2D eigenvalue weighted by Crippen LogP contribution is 2.19. The van der Waals surface area contributed by atoms with Crippen LogP contribution in [0.3, 0.4) is 0 Å². The van der Waals surface area contributed by atoms with Crippen LogP contribution in [0.4, 0.5) is 5.69 Å². The standard InChI is InChI=1S/C24H17ClN4O2/c25-18-4-3-5-19(13-18)27-24(30)17(14-26)12-16-8-10-20(11-9-16)31-15-23-28-21-6-1-2-7-22(21)29-23/h1-13H,15H2,(H,27,30)(H,28,29)/b17-12+. The minimum atomic E-state index is -0.505. The van der Waals surface area contributed by atoms with Crippen LogP contribution in [0.15, 0.2) is 78.4 Å². The Morgan fingerprint density at radius 1 is 1.13 bits per heavy atom. The van der Waals surface area contributed by atoms with E-state index in [2.05, 4.69) is 15.3 Å². The number of imidazole rings is 1. The fraction of sp³-hybridized carbons (Fsp3) is 0.0417. The number of amides is 1. The van der Waals surface area contributed by atoms with E-state index in [4.69, 9.17) is 16.3 Å². The van der Waals surface area contributed by atoms with Crippen LogP contribution in [0.2, 0.25) is 5.02 Å². The Morgan fingerprint density at radius 3 is 2.68 bits per heavy atom. The molecule has 0 atom stereocenters. The fourth-order valence-corrected chi connectivity index (χ4v) is 3.16. The normalized spacial score (nSPS) is 11.2. The van der Waals surface area contributed by atoms with Gasteiger partial charge in [-0.05, 0) is 54.1 Å². The maximum atomic E-state index is 12.4. The highest BCUT2D eigenvalue weighted by Gasteiger charge is 2.10. The van der Waals surface area contributed by atoms with Crippen molar-refractivity contribution in [3.63, 3.8) is 0 Å². The summed E-state index contributed by atoms with van der Waals surface area (Å²) >= 11 is 5.92. The van der Waals surface area contributed by atoms with Crippen molar-refractivity contribution >= 4 is 40.3 Å². The highest BCUT2D eigenvalue weighted by molar-refractivity contribution is 6.31. The van der Waals surface area contributed by atoms with E-state index in [0.717, 1.165) is 16.9 Å². The molecule has 0 saturated carbocycles. The number of hydrogen-bond donors (Lipinski definition) is 2. The van der Waals surface area contributed by atoms with E-state index in [1.165, 1.54) is 6.08 Å². The lowest BCUT2D eigenvalue weighted by Gasteiger charge is -2.06. The number of ether oxygens (including phenoxy) is 1. The van der Waals surface area contributed by atoms with Crippen LogP contribution in [-0.2, 0) is 11.4 Å². The van der Waals surface area contributed by atoms with Gasteiger partial charge in [-0.2, -0.15) is 5.26 Å². The fourth-order valence-electron chi connectivity index (χ4n) is 2.97. The average Bonchev–Trinajstić information content (AvgIpc) is 3.20. The molecule has 7 heteroatoms. The molecule has 0 unspecified atom stereocenters. The van der Waals surface area contributed by atoms with Crippen LogP contribution in [0.5, 0.6) is 5.75 Å². The van der Waals surface area contributed by atoms with Gasteiger partial charge in [0.2, 0.25) is 0 Å². The molecular formula is C24H17ClN4O2. The summed E-state index contributed by atoms with van der Waals surface area (Å²) in [5.41, 5.74) is 3.06. The van der Waals surface area contributed by atoms with Crippen LogP contribution in [0.25, 0.3) is 17.1 Å². The summed E-state index contributed by atoms with van der Waals surface area (Å²) in [6, 6.07) is 23.6. The third-order valence-electron chi connectivity index (χ3n) is 4.45. The van der Waals surface area contributed by atoms with Gasteiger partial charge >= 0.3 is 0 Å². The zero-order valence-corrected chi connectivity index (χ0v) is 17.1. The van der Waals surface area contributed by atoms with Gasteiger partial charge in [0.15, 0.2) is 0 Å². The van der Waals surface area contributed by atoms with E-state index in [1.807, 2.05) is 30.3 Å². The number of hydrogen-bond acceptors (Lipinski definition) is 4. The van der Waals surface area contributed by atoms with Crippen molar-refractivity contribution in [2.24, 2.45) is 0 Å². The highest BCUT2D eigenvalue weighted by atomic mass is 35.5. The number of carbonyl (C=O) groups excluding carboxylic acids is 1. The first-order chi connectivity index (χ1) is 15.1. The van der Waals surface area contributed by atoms with Crippen LogP contribution in [-0.4, -0.2) is 15.9 Å². The Morgan fingerprint density at radius 2 is 1.94 bits per heavy atom. The Labute approximate surface area is 183 Å². The summed E-state index contributed by atoms with van der Waals surface area (Å²) in [5.74, 6) is 0.879. The van der Waals surface area contributed by atoms with Gasteiger partial charge in [0.05, 0.1) is 11.0 Å². The number of nitrogens with one attached hydrogen (secondary N) is 2. The van der Waals surface area contributed by atoms with E-state index < -0.39 is 5.91 Å². The van der Waals surface area contributed by atoms with Crippen LogP contribution >= 0.6 is 11.6 Å². The van der Waals surface area contributed by atoms with Crippen molar-refractivity contribution in [2.45, 2.75) is 6.61 Å². The maximum Gasteiger partial charge on any atom is 0.266 e. The average molecular weight is 429 g/mol. The van der Waals surface area contributed by atoms with Gasteiger partial charge in [-0.15, -0.1) is 0 Å². The summed E-state index contributed by atoms with van der Waals surface area (Å²) in [6.45, 7) is 0.301.